The monoisotopic (exact) mass is 158 g/mol. The molecule has 0 fully saturated rings. The van der Waals surface area contributed by atoms with E-state index in [4.69, 9.17) is 9.84 Å². The zero-order valence-electron chi connectivity index (χ0n) is 6.96. The number of carboxylic acids is 1. The Morgan fingerprint density at radius 1 is 1.73 bits per heavy atom. The highest BCUT2D eigenvalue weighted by molar-refractivity contribution is 5.73. The van der Waals surface area contributed by atoms with E-state index in [0.717, 1.165) is 0 Å². The second-order valence-corrected chi connectivity index (χ2v) is 2.99. The van der Waals surface area contributed by atoms with E-state index in [1.165, 1.54) is 0 Å². The van der Waals surface area contributed by atoms with Crippen LogP contribution in [-0.2, 0) is 9.53 Å². The van der Waals surface area contributed by atoms with Crippen LogP contribution in [0, 0.1) is 5.41 Å². The molecule has 0 saturated heterocycles. The standard InChI is InChI=1S/C8H14O3/c1-4-5-11-6-8(2,3)7(9)10/h4H,1,5-6H2,2-3H3,(H,9,10). The maximum Gasteiger partial charge on any atom is 0.311 e. The van der Waals surface area contributed by atoms with Gasteiger partial charge in [-0.2, -0.15) is 0 Å². The van der Waals surface area contributed by atoms with E-state index in [0.29, 0.717) is 6.61 Å². The van der Waals surface area contributed by atoms with Crippen molar-refractivity contribution in [3.63, 3.8) is 0 Å². The van der Waals surface area contributed by atoms with Crippen molar-refractivity contribution < 1.29 is 14.6 Å². The topological polar surface area (TPSA) is 46.5 Å². The van der Waals surface area contributed by atoms with Crippen molar-refractivity contribution in [1.29, 1.82) is 0 Å². The third-order valence-corrected chi connectivity index (χ3v) is 1.28. The van der Waals surface area contributed by atoms with Crippen molar-refractivity contribution in [2.75, 3.05) is 13.2 Å². The van der Waals surface area contributed by atoms with Crippen LogP contribution in [-0.4, -0.2) is 24.3 Å². The molecular formula is C8H14O3. The minimum Gasteiger partial charge on any atom is -0.481 e. The van der Waals surface area contributed by atoms with Gasteiger partial charge in [0, 0.05) is 0 Å². The molecule has 0 aromatic rings. The molecule has 64 valence electrons. The van der Waals surface area contributed by atoms with Gasteiger partial charge >= 0.3 is 5.97 Å². The first-order valence-corrected chi connectivity index (χ1v) is 3.43. The number of ether oxygens (including phenoxy) is 1. The number of carbonyl (C=O) groups is 1. The highest BCUT2D eigenvalue weighted by Crippen LogP contribution is 2.14. The number of hydrogen-bond acceptors (Lipinski definition) is 2. The predicted octanol–water partition coefficient (Wildman–Crippen LogP) is 1.30. The van der Waals surface area contributed by atoms with E-state index < -0.39 is 11.4 Å². The maximum absolute atomic E-state index is 10.5. The fraction of sp³-hybridized carbons (Fsp3) is 0.625. The van der Waals surface area contributed by atoms with Gasteiger partial charge in [0.05, 0.1) is 18.6 Å². The van der Waals surface area contributed by atoms with E-state index in [1.807, 2.05) is 0 Å². The van der Waals surface area contributed by atoms with Gasteiger partial charge in [0.25, 0.3) is 0 Å². The van der Waals surface area contributed by atoms with Crippen molar-refractivity contribution in [3.8, 4) is 0 Å². The summed E-state index contributed by atoms with van der Waals surface area (Å²) >= 11 is 0. The lowest BCUT2D eigenvalue weighted by atomic mass is 9.95. The lowest BCUT2D eigenvalue weighted by Crippen LogP contribution is -2.29. The molecule has 0 atom stereocenters. The van der Waals surface area contributed by atoms with E-state index in [1.54, 1.807) is 19.9 Å². The minimum absolute atomic E-state index is 0.217. The van der Waals surface area contributed by atoms with Gasteiger partial charge < -0.3 is 9.84 Å². The Hall–Kier alpha value is -0.830. The molecule has 0 unspecified atom stereocenters. The normalized spacial score (nSPS) is 11.1. The highest BCUT2D eigenvalue weighted by Gasteiger charge is 2.26. The fourth-order valence-corrected chi connectivity index (χ4v) is 0.459. The Kier molecular flexibility index (Phi) is 3.82. The average Bonchev–Trinajstić information content (AvgIpc) is 1.88. The third kappa shape index (κ3) is 3.78. The second kappa shape index (κ2) is 4.13. The first kappa shape index (κ1) is 10.2. The lowest BCUT2D eigenvalue weighted by Gasteiger charge is -2.17. The van der Waals surface area contributed by atoms with Crippen molar-refractivity contribution in [2.24, 2.45) is 5.41 Å². The van der Waals surface area contributed by atoms with Crippen LogP contribution < -0.4 is 0 Å². The summed E-state index contributed by atoms with van der Waals surface area (Å²) in [5, 5.41) is 8.63. The van der Waals surface area contributed by atoms with Crippen LogP contribution in [0.4, 0.5) is 0 Å². The summed E-state index contributed by atoms with van der Waals surface area (Å²) in [4.78, 5) is 10.5. The molecule has 3 heteroatoms. The molecule has 0 amide bonds. The van der Waals surface area contributed by atoms with Crippen LogP contribution in [0.1, 0.15) is 13.8 Å². The summed E-state index contributed by atoms with van der Waals surface area (Å²) < 4.78 is 5.01. The Bertz CT molecular complexity index is 149. The van der Waals surface area contributed by atoms with Crippen molar-refractivity contribution >= 4 is 5.97 Å². The molecule has 0 aliphatic carbocycles. The van der Waals surface area contributed by atoms with Crippen LogP contribution in [0.25, 0.3) is 0 Å². The predicted molar refractivity (Wildman–Crippen MR) is 42.4 cm³/mol. The van der Waals surface area contributed by atoms with Gasteiger partial charge in [-0.1, -0.05) is 6.08 Å². The van der Waals surface area contributed by atoms with Crippen LogP contribution in [0.15, 0.2) is 12.7 Å². The molecule has 0 aromatic heterocycles. The third-order valence-electron chi connectivity index (χ3n) is 1.28. The highest BCUT2D eigenvalue weighted by atomic mass is 16.5. The van der Waals surface area contributed by atoms with Crippen LogP contribution in [0.5, 0.6) is 0 Å². The van der Waals surface area contributed by atoms with E-state index in [-0.39, 0.29) is 6.61 Å². The van der Waals surface area contributed by atoms with E-state index in [9.17, 15) is 4.79 Å². The Morgan fingerprint density at radius 2 is 2.27 bits per heavy atom. The average molecular weight is 158 g/mol. The molecule has 1 N–H and O–H groups in total. The SMILES string of the molecule is C=CCOCC(C)(C)C(=O)O. The molecule has 0 aliphatic heterocycles. The summed E-state index contributed by atoms with van der Waals surface area (Å²) in [6, 6.07) is 0. The van der Waals surface area contributed by atoms with Gasteiger partial charge in [-0.05, 0) is 13.8 Å². The Morgan fingerprint density at radius 3 is 2.64 bits per heavy atom. The van der Waals surface area contributed by atoms with Gasteiger partial charge in [-0.25, -0.2) is 0 Å². The maximum atomic E-state index is 10.5. The zero-order valence-corrected chi connectivity index (χ0v) is 6.96. The number of rotatable bonds is 5. The summed E-state index contributed by atoms with van der Waals surface area (Å²) in [7, 11) is 0. The van der Waals surface area contributed by atoms with E-state index >= 15 is 0 Å². The molecule has 0 rings (SSSR count). The van der Waals surface area contributed by atoms with Gasteiger partial charge in [0.2, 0.25) is 0 Å². The molecule has 11 heavy (non-hydrogen) atoms. The quantitative estimate of drug-likeness (QED) is 0.484. The van der Waals surface area contributed by atoms with Gasteiger partial charge in [-0.3, -0.25) is 4.79 Å². The summed E-state index contributed by atoms with van der Waals surface area (Å²) in [5.74, 6) is -0.846. The van der Waals surface area contributed by atoms with Crippen molar-refractivity contribution in [3.05, 3.63) is 12.7 Å². The first-order chi connectivity index (χ1) is 5.00. The Balaban J connectivity index is 3.72. The molecule has 0 aromatic carbocycles. The van der Waals surface area contributed by atoms with Gasteiger partial charge in [-0.15, -0.1) is 6.58 Å². The van der Waals surface area contributed by atoms with Crippen LogP contribution >= 0.6 is 0 Å². The largest absolute Gasteiger partial charge is 0.481 e. The fourth-order valence-electron chi connectivity index (χ4n) is 0.459. The smallest absolute Gasteiger partial charge is 0.311 e. The van der Waals surface area contributed by atoms with Crippen molar-refractivity contribution in [2.45, 2.75) is 13.8 Å². The summed E-state index contributed by atoms with van der Waals surface area (Å²) in [6.45, 7) is 7.32. The molecule has 0 aliphatic rings. The second-order valence-electron chi connectivity index (χ2n) is 2.99. The van der Waals surface area contributed by atoms with Crippen molar-refractivity contribution in [1.82, 2.24) is 0 Å². The molecule has 0 spiro atoms. The first-order valence-electron chi connectivity index (χ1n) is 3.43. The number of aliphatic carboxylic acids is 1. The van der Waals surface area contributed by atoms with Gasteiger partial charge in [0.15, 0.2) is 0 Å². The molecule has 3 nitrogen and oxygen atoms in total. The van der Waals surface area contributed by atoms with Gasteiger partial charge in [0.1, 0.15) is 0 Å². The van der Waals surface area contributed by atoms with Crippen LogP contribution in [0.2, 0.25) is 0 Å². The lowest BCUT2D eigenvalue weighted by molar-refractivity contribution is -0.150. The minimum atomic E-state index is -0.846. The molecule has 0 heterocycles. The summed E-state index contributed by atoms with van der Waals surface area (Å²) in [6.07, 6.45) is 1.60. The summed E-state index contributed by atoms with van der Waals surface area (Å²) in [5.41, 5.74) is -0.803. The number of hydrogen-bond donors (Lipinski definition) is 1. The molecular weight excluding hydrogens is 144 g/mol. The Labute approximate surface area is 66.7 Å². The van der Waals surface area contributed by atoms with Crippen LogP contribution in [0.3, 0.4) is 0 Å². The number of carboxylic acid groups (broad SMARTS) is 1. The zero-order chi connectivity index (χ0) is 8.91. The van der Waals surface area contributed by atoms with E-state index in [2.05, 4.69) is 6.58 Å². The molecule has 0 saturated carbocycles. The molecule has 0 radical (unpaired) electrons. The molecule has 0 bridgehead atoms.